The maximum atomic E-state index is 12.0. The van der Waals surface area contributed by atoms with Gasteiger partial charge < -0.3 is 5.32 Å². The number of aromatic nitrogens is 1. The number of pyridine rings is 1. The summed E-state index contributed by atoms with van der Waals surface area (Å²) in [5.41, 5.74) is 2.64. The summed E-state index contributed by atoms with van der Waals surface area (Å²) in [6, 6.07) is 13.0. The van der Waals surface area contributed by atoms with E-state index in [1.807, 2.05) is 43.3 Å². The zero-order valence-corrected chi connectivity index (χ0v) is 11.6. The van der Waals surface area contributed by atoms with E-state index in [2.05, 4.69) is 26.2 Å². The molecule has 0 atom stereocenters. The summed E-state index contributed by atoms with van der Waals surface area (Å²) >= 11 is 3.37. The van der Waals surface area contributed by atoms with Crippen LogP contribution in [-0.4, -0.2) is 10.9 Å². The molecule has 1 amide bonds. The Balaban J connectivity index is 2.11. The molecule has 1 aromatic carbocycles. The van der Waals surface area contributed by atoms with Gasteiger partial charge in [0, 0.05) is 16.6 Å². The van der Waals surface area contributed by atoms with Crippen molar-refractivity contribution in [2.24, 2.45) is 0 Å². The van der Waals surface area contributed by atoms with Gasteiger partial charge in [0.05, 0.1) is 0 Å². The van der Waals surface area contributed by atoms with E-state index < -0.39 is 0 Å². The molecule has 0 aliphatic heterocycles. The van der Waals surface area contributed by atoms with Crippen LogP contribution in [0.4, 0.5) is 5.82 Å². The van der Waals surface area contributed by atoms with Crippen molar-refractivity contribution in [3.05, 3.63) is 59.3 Å². The molecule has 3 nitrogen and oxygen atoms in total. The Bertz CT molecular complexity index is 552. The lowest BCUT2D eigenvalue weighted by Crippen LogP contribution is -2.13. The smallest absolute Gasteiger partial charge is 0.256 e. The van der Waals surface area contributed by atoms with E-state index in [4.69, 9.17) is 0 Å². The fraction of sp³-hybridized carbons (Fsp3) is 0.143. The summed E-state index contributed by atoms with van der Waals surface area (Å²) in [6.45, 7) is 1.89. The van der Waals surface area contributed by atoms with Crippen molar-refractivity contribution in [1.29, 1.82) is 0 Å². The van der Waals surface area contributed by atoms with Crippen LogP contribution in [0.2, 0.25) is 0 Å². The van der Waals surface area contributed by atoms with Crippen molar-refractivity contribution in [1.82, 2.24) is 4.98 Å². The van der Waals surface area contributed by atoms with E-state index in [0.717, 1.165) is 16.6 Å². The molecule has 1 N–H and O–H groups in total. The second kappa shape index (κ2) is 5.78. The molecule has 0 bridgehead atoms. The number of alkyl halides is 1. The van der Waals surface area contributed by atoms with E-state index in [9.17, 15) is 4.79 Å². The molecule has 0 radical (unpaired) electrons. The molecular weight excluding hydrogens is 292 g/mol. The van der Waals surface area contributed by atoms with Gasteiger partial charge >= 0.3 is 0 Å². The standard InChI is InChI=1S/C14H13BrN2O/c1-10-3-2-4-13(16-10)17-14(18)12-7-5-11(9-15)6-8-12/h2-8H,9H2,1H3,(H,16,17,18). The summed E-state index contributed by atoms with van der Waals surface area (Å²) in [4.78, 5) is 16.2. The van der Waals surface area contributed by atoms with E-state index in [1.165, 1.54) is 0 Å². The Kier molecular flexibility index (Phi) is 4.10. The second-order valence-electron chi connectivity index (χ2n) is 3.95. The van der Waals surface area contributed by atoms with Crippen LogP contribution >= 0.6 is 15.9 Å². The lowest BCUT2D eigenvalue weighted by Gasteiger charge is -2.05. The number of hydrogen-bond donors (Lipinski definition) is 1. The van der Waals surface area contributed by atoms with Crippen LogP contribution in [0.5, 0.6) is 0 Å². The summed E-state index contributed by atoms with van der Waals surface area (Å²) < 4.78 is 0. The first kappa shape index (κ1) is 12.8. The van der Waals surface area contributed by atoms with E-state index >= 15 is 0 Å². The van der Waals surface area contributed by atoms with Crippen LogP contribution < -0.4 is 5.32 Å². The minimum absolute atomic E-state index is 0.144. The van der Waals surface area contributed by atoms with Crippen LogP contribution in [-0.2, 0) is 5.33 Å². The first-order valence-corrected chi connectivity index (χ1v) is 6.71. The van der Waals surface area contributed by atoms with Crippen molar-refractivity contribution in [3.8, 4) is 0 Å². The first-order chi connectivity index (χ1) is 8.69. The number of carbonyl (C=O) groups is 1. The first-order valence-electron chi connectivity index (χ1n) is 5.59. The minimum atomic E-state index is -0.144. The Morgan fingerprint density at radius 2 is 1.94 bits per heavy atom. The van der Waals surface area contributed by atoms with Crippen molar-refractivity contribution >= 4 is 27.7 Å². The number of halogens is 1. The van der Waals surface area contributed by atoms with Crippen molar-refractivity contribution in [2.75, 3.05) is 5.32 Å². The van der Waals surface area contributed by atoms with E-state index in [0.29, 0.717) is 11.4 Å². The monoisotopic (exact) mass is 304 g/mol. The molecule has 0 saturated heterocycles. The number of hydrogen-bond acceptors (Lipinski definition) is 2. The molecule has 0 unspecified atom stereocenters. The van der Waals surface area contributed by atoms with Gasteiger partial charge in [0.1, 0.15) is 5.82 Å². The lowest BCUT2D eigenvalue weighted by molar-refractivity contribution is 0.102. The van der Waals surface area contributed by atoms with Gasteiger partial charge in [-0.2, -0.15) is 0 Å². The number of aryl methyl sites for hydroxylation is 1. The number of anilines is 1. The molecule has 0 spiro atoms. The fourth-order valence-electron chi connectivity index (χ4n) is 1.55. The molecule has 4 heteroatoms. The fourth-order valence-corrected chi connectivity index (χ4v) is 1.92. The highest BCUT2D eigenvalue weighted by Gasteiger charge is 2.06. The third-order valence-corrected chi connectivity index (χ3v) is 3.15. The van der Waals surface area contributed by atoms with Gasteiger partial charge in [-0.1, -0.05) is 34.1 Å². The van der Waals surface area contributed by atoms with Gasteiger partial charge in [-0.3, -0.25) is 4.79 Å². The summed E-state index contributed by atoms with van der Waals surface area (Å²) in [5.74, 6) is 0.429. The highest BCUT2D eigenvalue weighted by molar-refractivity contribution is 9.08. The Morgan fingerprint density at radius 1 is 1.22 bits per heavy atom. The number of nitrogens with zero attached hydrogens (tertiary/aromatic N) is 1. The molecule has 1 heterocycles. The number of benzene rings is 1. The van der Waals surface area contributed by atoms with Gasteiger partial charge in [-0.05, 0) is 36.8 Å². The predicted octanol–water partition coefficient (Wildman–Crippen LogP) is 3.54. The average Bonchev–Trinajstić information content (AvgIpc) is 2.39. The maximum Gasteiger partial charge on any atom is 0.256 e. The SMILES string of the molecule is Cc1cccc(NC(=O)c2ccc(CBr)cc2)n1. The van der Waals surface area contributed by atoms with Gasteiger partial charge in [0.2, 0.25) is 0 Å². The number of carbonyl (C=O) groups excluding carboxylic acids is 1. The van der Waals surface area contributed by atoms with Crippen molar-refractivity contribution in [3.63, 3.8) is 0 Å². The van der Waals surface area contributed by atoms with Crippen molar-refractivity contribution < 1.29 is 4.79 Å². The summed E-state index contributed by atoms with van der Waals surface area (Å²) in [7, 11) is 0. The largest absolute Gasteiger partial charge is 0.307 e. The molecule has 2 rings (SSSR count). The quantitative estimate of drug-likeness (QED) is 0.881. The van der Waals surface area contributed by atoms with Crippen LogP contribution in [0, 0.1) is 6.92 Å². The highest BCUT2D eigenvalue weighted by Crippen LogP contribution is 2.10. The zero-order valence-electron chi connectivity index (χ0n) is 9.98. The molecule has 2 aromatic rings. The molecule has 0 saturated carbocycles. The molecule has 92 valence electrons. The second-order valence-corrected chi connectivity index (χ2v) is 4.51. The molecular formula is C14H13BrN2O. The zero-order chi connectivity index (χ0) is 13.0. The predicted molar refractivity (Wildman–Crippen MR) is 76.0 cm³/mol. The normalized spacial score (nSPS) is 10.1. The van der Waals surface area contributed by atoms with Gasteiger partial charge in [-0.25, -0.2) is 4.98 Å². The average molecular weight is 305 g/mol. The molecule has 0 aliphatic rings. The van der Waals surface area contributed by atoms with Crippen molar-refractivity contribution in [2.45, 2.75) is 12.3 Å². The van der Waals surface area contributed by atoms with Crippen LogP contribution in [0.25, 0.3) is 0 Å². The Hall–Kier alpha value is -1.68. The van der Waals surface area contributed by atoms with Gasteiger partial charge in [0.25, 0.3) is 5.91 Å². The van der Waals surface area contributed by atoms with Gasteiger partial charge in [-0.15, -0.1) is 0 Å². The third-order valence-electron chi connectivity index (χ3n) is 2.50. The number of amides is 1. The van der Waals surface area contributed by atoms with Crippen LogP contribution in [0.3, 0.4) is 0 Å². The topological polar surface area (TPSA) is 42.0 Å². The Morgan fingerprint density at radius 3 is 2.56 bits per heavy atom. The van der Waals surface area contributed by atoms with Crippen LogP contribution in [0.15, 0.2) is 42.5 Å². The molecule has 0 fully saturated rings. The third kappa shape index (κ3) is 3.17. The van der Waals surface area contributed by atoms with E-state index in [1.54, 1.807) is 6.07 Å². The summed E-state index contributed by atoms with van der Waals surface area (Å²) in [5, 5.41) is 3.56. The minimum Gasteiger partial charge on any atom is -0.307 e. The molecule has 1 aromatic heterocycles. The van der Waals surface area contributed by atoms with E-state index in [-0.39, 0.29) is 5.91 Å². The number of rotatable bonds is 3. The number of nitrogens with one attached hydrogen (secondary N) is 1. The summed E-state index contributed by atoms with van der Waals surface area (Å²) in [6.07, 6.45) is 0. The highest BCUT2D eigenvalue weighted by atomic mass is 79.9. The lowest BCUT2D eigenvalue weighted by atomic mass is 10.1. The Labute approximate surface area is 114 Å². The molecule has 18 heavy (non-hydrogen) atoms. The molecule has 0 aliphatic carbocycles. The van der Waals surface area contributed by atoms with Gasteiger partial charge in [0.15, 0.2) is 0 Å². The maximum absolute atomic E-state index is 12.0. The van der Waals surface area contributed by atoms with Crippen LogP contribution in [0.1, 0.15) is 21.6 Å².